The highest BCUT2D eigenvalue weighted by Gasteiger charge is 2.08. The molecule has 1 aromatic heterocycles. The molecular weight excluding hydrogens is 244 g/mol. The maximum Gasteiger partial charge on any atom is 0.274 e. The lowest BCUT2D eigenvalue weighted by atomic mass is 10.3. The van der Waals surface area contributed by atoms with Gasteiger partial charge in [0.05, 0.1) is 5.69 Å². The SMILES string of the molecule is C=CSc1ccccc1NC(=O)c1ccccn1. The van der Waals surface area contributed by atoms with Gasteiger partial charge in [0, 0.05) is 11.1 Å². The smallest absolute Gasteiger partial charge is 0.274 e. The van der Waals surface area contributed by atoms with Crippen LogP contribution in [0.1, 0.15) is 10.5 Å². The molecule has 1 aromatic carbocycles. The lowest BCUT2D eigenvalue weighted by molar-refractivity contribution is 0.102. The monoisotopic (exact) mass is 256 g/mol. The summed E-state index contributed by atoms with van der Waals surface area (Å²) in [5.41, 5.74) is 1.16. The van der Waals surface area contributed by atoms with Gasteiger partial charge in [-0.25, -0.2) is 0 Å². The molecule has 1 heterocycles. The van der Waals surface area contributed by atoms with Crippen molar-refractivity contribution >= 4 is 23.4 Å². The lowest BCUT2D eigenvalue weighted by Crippen LogP contribution is -2.13. The van der Waals surface area contributed by atoms with Gasteiger partial charge in [-0.2, -0.15) is 0 Å². The number of hydrogen-bond donors (Lipinski definition) is 1. The number of nitrogens with zero attached hydrogens (tertiary/aromatic N) is 1. The number of rotatable bonds is 4. The number of para-hydroxylation sites is 1. The van der Waals surface area contributed by atoms with Gasteiger partial charge in [-0.3, -0.25) is 9.78 Å². The molecule has 0 aliphatic rings. The van der Waals surface area contributed by atoms with Crippen LogP contribution in [-0.4, -0.2) is 10.9 Å². The molecule has 0 saturated carbocycles. The van der Waals surface area contributed by atoms with Crippen molar-refractivity contribution in [2.45, 2.75) is 4.90 Å². The fourth-order valence-corrected chi connectivity index (χ4v) is 2.03. The first-order valence-electron chi connectivity index (χ1n) is 5.40. The number of benzene rings is 1. The van der Waals surface area contributed by atoms with E-state index in [1.165, 1.54) is 11.8 Å². The van der Waals surface area contributed by atoms with E-state index in [2.05, 4.69) is 16.9 Å². The zero-order chi connectivity index (χ0) is 12.8. The fourth-order valence-electron chi connectivity index (χ4n) is 1.45. The first-order chi connectivity index (χ1) is 8.81. The largest absolute Gasteiger partial charge is 0.320 e. The first-order valence-corrected chi connectivity index (χ1v) is 6.28. The Bertz CT molecular complexity index is 555. The van der Waals surface area contributed by atoms with Crippen LogP contribution in [0.25, 0.3) is 0 Å². The second kappa shape index (κ2) is 6.02. The molecule has 90 valence electrons. The molecule has 1 N–H and O–H groups in total. The van der Waals surface area contributed by atoms with E-state index in [1.807, 2.05) is 24.3 Å². The summed E-state index contributed by atoms with van der Waals surface area (Å²) in [4.78, 5) is 16.9. The van der Waals surface area contributed by atoms with Crippen LogP contribution in [0.15, 0.2) is 65.5 Å². The van der Waals surface area contributed by atoms with E-state index in [4.69, 9.17) is 0 Å². The van der Waals surface area contributed by atoms with Crippen LogP contribution in [-0.2, 0) is 0 Å². The van der Waals surface area contributed by atoms with Crippen molar-refractivity contribution in [2.75, 3.05) is 5.32 Å². The summed E-state index contributed by atoms with van der Waals surface area (Å²) >= 11 is 1.47. The molecule has 0 unspecified atom stereocenters. The Labute approximate surface area is 110 Å². The highest BCUT2D eigenvalue weighted by molar-refractivity contribution is 8.02. The summed E-state index contributed by atoms with van der Waals surface area (Å²) in [5.74, 6) is -0.215. The van der Waals surface area contributed by atoms with E-state index in [0.29, 0.717) is 5.69 Å². The van der Waals surface area contributed by atoms with Crippen molar-refractivity contribution < 1.29 is 4.79 Å². The number of pyridine rings is 1. The molecule has 18 heavy (non-hydrogen) atoms. The maximum absolute atomic E-state index is 12.0. The van der Waals surface area contributed by atoms with E-state index in [0.717, 1.165) is 10.6 Å². The Balaban J connectivity index is 2.19. The summed E-state index contributed by atoms with van der Waals surface area (Å²) in [7, 11) is 0. The molecule has 0 radical (unpaired) electrons. The van der Waals surface area contributed by atoms with E-state index in [-0.39, 0.29) is 5.91 Å². The summed E-state index contributed by atoms with van der Waals surface area (Å²) in [6.45, 7) is 3.67. The second-order valence-corrected chi connectivity index (χ2v) is 4.46. The van der Waals surface area contributed by atoms with Crippen molar-refractivity contribution in [1.29, 1.82) is 0 Å². The van der Waals surface area contributed by atoms with Gasteiger partial charge in [0.2, 0.25) is 0 Å². The minimum absolute atomic E-state index is 0.215. The van der Waals surface area contributed by atoms with E-state index in [1.54, 1.807) is 29.8 Å². The molecule has 0 bridgehead atoms. The number of carbonyl (C=O) groups excluding carboxylic acids is 1. The summed E-state index contributed by atoms with van der Waals surface area (Å²) in [6.07, 6.45) is 1.60. The van der Waals surface area contributed by atoms with Gasteiger partial charge in [0.15, 0.2) is 0 Å². The average Bonchev–Trinajstić information content (AvgIpc) is 2.42. The molecule has 0 fully saturated rings. The molecule has 4 heteroatoms. The summed E-state index contributed by atoms with van der Waals surface area (Å²) in [5, 5.41) is 4.57. The first kappa shape index (κ1) is 12.4. The van der Waals surface area contributed by atoms with Crippen molar-refractivity contribution in [2.24, 2.45) is 0 Å². The number of hydrogen-bond acceptors (Lipinski definition) is 3. The molecule has 0 spiro atoms. The molecule has 0 aliphatic heterocycles. The predicted octanol–water partition coefficient (Wildman–Crippen LogP) is 3.57. The van der Waals surface area contributed by atoms with Gasteiger partial charge in [-0.05, 0) is 29.7 Å². The van der Waals surface area contributed by atoms with Crippen molar-refractivity contribution in [3.8, 4) is 0 Å². The van der Waals surface area contributed by atoms with Crippen molar-refractivity contribution in [3.63, 3.8) is 0 Å². The quantitative estimate of drug-likeness (QED) is 0.850. The van der Waals surface area contributed by atoms with Crippen LogP contribution in [0.4, 0.5) is 5.69 Å². The summed E-state index contributed by atoms with van der Waals surface area (Å²) in [6, 6.07) is 12.8. The van der Waals surface area contributed by atoms with E-state index >= 15 is 0 Å². The van der Waals surface area contributed by atoms with Gasteiger partial charge >= 0.3 is 0 Å². The minimum Gasteiger partial charge on any atom is -0.320 e. The molecule has 1 amide bonds. The van der Waals surface area contributed by atoms with Crippen LogP contribution >= 0.6 is 11.8 Å². The molecule has 0 atom stereocenters. The summed E-state index contributed by atoms with van der Waals surface area (Å²) < 4.78 is 0. The predicted molar refractivity (Wildman–Crippen MR) is 74.7 cm³/mol. The number of thioether (sulfide) groups is 1. The molecule has 2 aromatic rings. The molecule has 3 nitrogen and oxygen atoms in total. The second-order valence-electron chi connectivity index (χ2n) is 3.45. The number of anilines is 1. The van der Waals surface area contributed by atoms with Gasteiger partial charge in [-0.15, -0.1) is 0 Å². The molecule has 0 saturated heterocycles. The number of amides is 1. The molecular formula is C14H12N2OS. The zero-order valence-electron chi connectivity index (χ0n) is 9.67. The fraction of sp³-hybridized carbons (Fsp3) is 0. The normalized spacial score (nSPS) is 9.78. The van der Waals surface area contributed by atoms with Gasteiger partial charge < -0.3 is 5.32 Å². The number of nitrogens with one attached hydrogen (secondary N) is 1. The molecule has 0 aliphatic carbocycles. The van der Waals surface area contributed by atoms with Crippen LogP contribution in [0, 0.1) is 0 Å². The van der Waals surface area contributed by atoms with E-state index in [9.17, 15) is 4.79 Å². The Morgan fingerprint density at radius 2 is 2.00 bits per heavy atom. The maximum atomic E-state index is 12.0. The van der Waals surface area contributed by atoms with Gasteiger partial charge in [-0.1, -0.05) is 36.5 Å². The van der Waals surface area contributed by atoms with Crippen LogP contribution in [0.3, 0.4) is 0 Å². The zero-order valence-corrected chi connectivity index (χ0v) is 10.5. The lowest BCUT2D eigenvalue weighted by Gasteiger charge is -2.08. The van der Waals surface area contributed by atoms with Crippen LogP contribution < -0.4 is 5.32 Å². The van der Waals surface area contributed by atoms with Gasteiger partial charge in [0.25, 0.3) is 5.91 Å². The third-order valence-electron chi connectivity index (χ3n) is 2.24. The van der Waals surface area contributed by atoms with Crippen LogP contribution in [0.5, 0.6) is 0 Å². The topological polar surface area (TPSA) is 42.0 Å². The Kier molecular flexibility index (Phi) is 4.15. The molecule has 2 rings (SSSR count). The number of aromatic nitrogens is 1. The highest BCUT2D eigenvalue weighted by atomic mass is 32.2. The third-order valence-corrected chi connectivity index (χ3v) is 3.02. The van der Waals surface area contributed by atoms with Crippen LogP contribution in [0.2, 0.25) is 0 Å². The van der Waals surface area contributed by atoms with Crippen molar-refractivity contribution in [1.82, 2.24) is 4.98 Å². The Morgan fingerprint density at radius 3 is 2.72 bits per heavy atom. The van der Waals surface area contributed by atoms with Gasteiger partial charge in [0.1, 0.15) is 5.69 Å². The standard InChI is InChI=1S/C14H12N2OS/c1-2-18-13-9-4-3-7-11(13)16-14(17)12-8-5-6-10-15-12/h2-10H,1H2,(H,16,17). The number of carbonyl (C=O) groups is 1. The Morgan fingerprint density at radius 1 is 1.22 bits per heavy atom. The average molecular weight is 256 g/mol. The Hall–Kier alpha value is -2.07. The highest BCUT2D eigenvalue weighted by Crippen LogP contribution is 2.27. The third kappa shape index (κ3) is 2.99. The van der Waals surface area contributed by atoms with Crippen molar-refractivity contribution in [3.05, 3.63) is 66.3 Å². The minimum atomic E-state index is -0.215. The van der Waals surface area contributed by atoms with E-state index < -0.39 is 0 Å².